The number of nitrogens with two attached hydrogens (primary N) is 5. The van der Waals surface area contributed by atoms with E-state index < -0.39 is 98.2 Å². The monoisotopic (exact) mass is 622 g/mol. The Kier molecular flexibility index (Phi) is 12.9. The molecule has 16 heteroatoms. The molecule has 2 aliphatic carbocycles. The predicted octanol–water partition coefficient (Wildman–Crippen LogP) is -5.54. The topological polar surface area (TPSA) is 300 Å². The van der Waals surface area contributed by atoms with Crippen LogP contribution in [0, 0.1) is 11.8 Å². The predicted molar refractivity (Wildman–Crippen MR) is 153 cm³/mol. The summed E-state index contributed by atoms with van der Waals surface area (Å²) in [4.78, 5) is 0. The smallest absolute Gasteiger partial charge is 0.186 e. The van der Waals surface area contributed by atoms with Gasteiger partial charge in [0.15, 0.2) is 12.6 Å². The van der Waals surface area contributed by atoms with E-state index in [9.17, 15) is 30.6 Å². The van der Waals surface area contributed by atoms with Gasteiger partial charge in [0.1, 0.15) is 30.5 Å². The second-order valence-electron chi connectivity index (χ2n) is 12.9. The first-order valence-corrected chi connectivity index (χ1v) is 15.5. The van der Waals surface area contributed by atoms with Gasteiger partial charge in [-0.25, -0.2) is 0 Å². The van der Waals surface area contributed by atoms with Crippen LogP contribution in [0.3, 0.4) is 0 Å². The number of rotatable bonds is 13. The summed E-state index contributed by atoms with van der Waals surface area (Å²) >= 11 is 0. The van der Waals surface area contributed by atoms with Crippen LogP contribution in [-0.4, -0.2) is 149 Å². The van der Waals surface area contributed by atoms with E-state index in [0.29, 0.717) is 31.7 Å². The summed E-state index contributed by atoms with van der Waals surface area (Å²) in [5.74, 6) is 0.0882. The van der Waals surface area contributed by atoms with Crippen molar-refractivity contribution in [3.63, 3.8) is 0 Å². The molecule has 2 saturated heterocycles. The average molecular weight is 623 g/mol. The van der Waals surface area contributed by atoms with E-state index in [1.165, 1.54) is 0 Å². The van der Waals surface area contributed by atoms with Gasteiger partial charge in [0.25, 0.3) is 0 Å². The Bertz CT molecular complexity index is 846. The second kappa shape index (κ2) is 15.8. The third kappa shape index (κ3) is 8.59. The fourth-order valence-corrected chi connectivity index (χ4v) is 6.66. The summed E-state index contributed by atoms with van der Waals surface area (Å²) in [6, 6.07) is -2.30. The maximum atomic E-state index is 11.6. The molecule has 1 unspecified atom stereocenters. The van der Waals surface area contributed by atoms with Crippen LogP contribution < -0.4 is 34.0 Å². The van der Waals surface area contributed by atoms with E-state index in [1.54, 1.807) is 0 Å². The lowest BCUT2D eigenvalue weighted by atomic mass is 9.77. The summed E-state index contributed by atoms with van der Waals surface area (Å²) in [7, 11) is 0. The second-order valence-corrected chi connectivity index (χ2v) is 12.9. The highest BCUT2D eigenvalue weighted by molar-refractivity contribution is 5.00. The molecule has 2 saturated carbocycles. The minimum Gasteiger partial charge on any atom is -0.394 e. The van der Waals surface area contributed by atoms with Gasteiger partial charge in [-0.2, -0.15) is 0 Å². The van der Waals surface area contributed by atoms with Gasteiger partial charge in [-0.1, -0.05) is 0 Å². The lowest BCUT2D eigenvalue weighted by Crippen LogP contribution is -2.66. The first-order chi connectivity index (χ1) is 20.4. The Morgan fingerprint density at radius 3 is 2.12 bits per heavy atom. The molecule has 17 N–H and O–H groups in total. The molecule has 4 fully saturated rings. The van der Waals surface area contributed by atoms with Gasteiger partial charge >= 0.3 is 0 Å². The van der Waals surface area contributed by atoms with Crippen LogP contribution in [0.2, 0.25) is 0 Å². The quantitative estimate of drug-likeness (QED) is 0.0911. The molecule has 0 aromatic heterocycles. The van der Waals surface area contributed by atoms with Crippen LogP contribution in [0.5, 0.6) is 0 Å². The van der Waals surface area contributed by atoms with Crippen molar-refractivity contribution < 1.29 is 49.6 Å². The van der Waals surface area contributed by atoms with Crippen LogP contribution in [0.1, 0.15) is 38.5 Å². The number of aliphatic hydroxyl groups is 6. The van der Waals surface area contributed by atoms with E-state index in [1.807, 2.05) is 0 Å². The maximum absolute atomic E-state index is 11.6. The Morgan fingerprint density at radius 2 is 1.47 bits per heavy atom. The van der Waals surface area contributed by atoms with E-state index >= 15 is 0 Å². The Labute approximate surface area is 252 Å². The van der Waals surface area contributed by atoms with Gasteiger partial charge in [-0.3, -0.25) is 0 Å². The summed E-state index contributed by atoms with van der Waals surface area (Å²) in [5.41, 5.74) is 30.2. The van der Waals surface area contributed by atoms with Crippen molar-refractivity contribution in [3.05, 3.63) is 0 Å². The minimum atomic E-state index is -1.46. The summed E-state index contributed by atoms with van der Waals surface area (Å²) < 4.78 is 24.0. The first-order valence-electron chi connectivity index (χ1n) is 15.5. The van der Waals surface area contributed by atoms with Crippen LogP contribution >= 0.6 is 0 Å². The fourth-order valence-electron chi connectivity index (χ4n) is 6.66. The highest BCUT2D eigenvalue weighted by atomic mass is 16.7. The van der Waals surface area contributed by atoms with Crippen molar-refractivity contribution in [3.8, 4) is 0 Å². The van der Waals surface area contributed by atoms with Crippen LogP contribution in [0.4, 0.5) is 0 Å². The Morgan fingerprint density at radius 1 is 0.791 bits per heavy atom. The molecule has 4 rings (SSSR count). The average Bonchev–Trinajstić information content (AvgIpc) is 2.96. The number of hydrogen-bond donors (Lipinski definition) is 12. The summed E-state index contributed by atoms with van der Waals surface area (Å²) in [6.07, 6.45) is -8.66. The van der Waals surface area contributed by atoms with E-state index in [-0.39, 0.29) is 19.0 Å². The van der Waals surface area contributed by atoms with Crippen molar-refractivity contribution in [1.82, 2.24) is 5.32 Å². The van der Waals surface area contributed by atoms with Gasteiger partial charge in [0.05, 0.1) is 43.1 Å². The van der Waals surface area contributed by atoms with Crippen LogP contribution in [0.25, 0.3) is 0 Å². The normalized spacial score (nSPS) is 48.1. The van der Waals surface area contributed by atoms with Gasteiger partial charge in [-0.05, 0) is 56.9 Å². The number of ether oxygens (including phenoxy) is 4. The number of hydrogen-bond acceptors (Lipinski definition) is 16. The van der Waals surface area contributed by atoms with Crippen LogP contribution in [-0.2, 0) is 18.9 Å². The zero-order chi connectivity index (χ0) is 31.4. The Balaban J connectivity index is 1.43. The van der Waals surface area contributed by atoms with Gasteiger partial charge in [0.2, 0.25) is 0 Å². The molecular formula is C27H54N6O10. The van der Waals surface area contributed by atoms with Gasteiger partial charge in [0, 0.05) is 25.2 Å². The molecule has 0 aromatic carbocycles. The molecule has 16 nitrogen and oxygen atoms in total. The van der Waals surface area contributed by atoms with Crippen molar-refractivity contribution in [1.29, 1.82) is 0 Å². The van der Waals surface area contributed by atoms with Crippen molar-refractivity contribution in [2.45, 2.75) is 130 Å². The van der Waals surface area contributed by atoms with Gasteiger partial charge in [-0.15, -0.1) is 0 Å². The highest BCUT2D eigenvalue weighted by Crippen LogP contribution is 2.36. The largest absolute Gasteiger partial charge is 0.394 e. The molecule has 4 aliphatic rings. The Hall–Kier alpha value is -0.640. The molecule has 0 spiro atoms. The van der Waals surface area contributed by atoms with E-state index in [0.717, 1.165) is 19.4 Å². The first kappa shape index (κ1) is 35.2. The molecule has 252 valence electrons. The third-order valence-electron chi connectivity index (χ3n) is 9.45. The molecule has 2 heterocycles. The number of aliphatic hydroxyl groups excluding tert-OH is 6. The van der Waals surface area contributed by atoms with Crippen LogP contribution in [0.15, 0.2) is 0 Å². The number of nitrogens with one attached hydrogen (secondary N) is 1. The summed E-state index contributed by atoms with van der Waals surface area (Å²) in [6.45, 7) is 0.632. The van der Waals surface area contributed by atoms with Crippen molar-refractivity contribution >= 4 is 0 Å². The molecule has 2 aliphatic heterocycles. The fraction of sp³-hybridized carbons (Fsp3) is 1.00. The van der Waals surface area contributed by atoms with E-state index in [4.69, 9.17) is 47.6 Å². The lowest BCUT2D eigenvalue weighted by Gasteiger charge is -2.48. The van der Waals surface area contributed by atoms with Crippen molar-refractivity contribution in [2.75, 3.05) is 26.2 Å². The SMILES string of the molecule is NCC(O)CC[C@@H]1C[C@H](N)[C@@H](O[C@H]2O[C@H](CNCC3CC(N)C3)[C@@H](O)C[C@H]2N)[C@H](O)[C@H]1O[C@H]1O[C@H](CO)[C@@H](O)[C@H](N)[C@H]1O. The van der Waals surface area contributed by atoms with Gasteiger partial charge < -0.3 is 83.6 Å². The molecule has 0 bridgehead atoms. The van der Waals surface area contributed by atoms with E-state index in [2.05, 4.69) is 5.32 Å². The third-order valence-corrected chi connectivity index (χ3v) is 9.45. The standard InChI is InChI=1S/C27H54N6O10/c28-7-14(35)2-1-12-5-15(30)25(23(39)24(12)42-27-22(38)20(32)21(37)19(10-34)41-27)43-26-16(31)6-17(36)18(40-26)9-33-8-11-3-13(29)4-11/h11-27,33-39H,1-10,28-32H2/t11?,12-,13?,14?,15+,16-,17+,18-,19-,20+,21-,22-,23-,24+,25-,26-,27-/m1/s1. The molecule has 0 amide bonds. The molecule has 15 atom stereocenters. The zero-order valence-corrected chi connectivity index (χ0v) is 24.6. The summed E-state index contributed by atoms with van der Waals surface area (Å²) in [5, 5.41) is 66.2. The molecule has 0 aromatic rings. The molecule has 43 heavy (non-hydrogen) atoms. The zero-order valence-electron chi connectivity index (χ0n) is 24.6. The van der Waals surface area contributed by atoms with Crippen molar-refractivity contribution in [2.24, 2.45) is 40.5 Å². The lowest BCUT2D eigenvalue weighted by molar-refractivity contribution is -0.320. The minimum absolute atomic E-state index is 0.0565. The molecular weight excluding hydrogens is 568 g/mol. The molecule has 0 radical (unpaired) electrons. The maximum Gasteiger partial charge on any atom is 0.186 e. The highest BCUT2D eigenvalue weighted by Gasteiger charge is 2.50.